The normalized spacial score (nSPS) is 24.3. The molecule has 21 heavy (non-hydrogen) atoms. The summed E-state index contributed by atoms with van der Waals surface area (Å²) in [6, 6.07) is 8.82. The van der Waals surface area contributed by atoms with E-state index in [1.807, 2.05) is 24.3 Å². The van der Waals surface area contributed by atoms with E-state index >= 15 is 0 Å². The van der Waals surface area contributed by atoms with Crippen LogP contribution in [0.3, 0.4) is 0 Å². The molecule has 0 saturated carbocycles. The second-order valence-electron chi connectivity index (χ2n) is 5.83. The zero-order valence-corrected chi connectivity index (χ0v) is 14.0. The van der Waals surface area contributed by atoms with Crippen LogP contribution in [0.25, 0.3) is 0 Å². The summed E-state index contributed by atoms with van der Waals surface area (Å²) in [4.78, 5) is 5.16. The largest absolute Gasteiger partial charge is 0.492 e. The maximum Gasteiger partial charge on any atom is 0.120 e. The minimum atomic E-state index is 0.765. The van der Waals surface area contributed by atoms with Crippen LogP contribution in [0, 0.1) is 0 Å². The number of ether oxygens (including phenoxy) is 1. The van der Waals surface area contributed by atoms with Crippen molar-refractivity contribution in [2.45, 2.75) is 12.5 Å². The Morgan fingerprint density at radius 1 is 1.24 bits per heavy atom. The zero-order valence-electron chi connectivity index (χ0n) is 12.4. The SMILES string of the molecule is Brc1cccc(OCCN2CCN(C3CCNC3)CC2)c1. The average molecular weight is 354 g/mol. The lowest BCUT2D eigenvalue weighted by Crippen LogP contribution is -2.51. The van der Waals surface area contributed by atoms with Gasteiger partial charge in [0.1, 0.15) is 12.4 Å². The number of halogens is 1. The van der Waals surface area contributed by atoms with Gasteiger partial charge in [0.05, 0.1) is 0 Å². The summed E-state index contributed by atoms with van der Waals surface area (Å²) in [6.07, 6.45) is 1.31. The van der Waals surface area contributed by atoms with E-state index in [2.05, 4.69) is 31.0 Å². The van der Waals surface area contributed by atoms with Gasteiger partial charge in [0.25, 0.3) is 0 Å². The van der Waals surface area contributed by atoms with Gasteiger partial charge in [0.15, 0.2) is 0 Å². The molecule has 0 radical (unpaired) electrons. The number of hydrogen-bond acceptors (Lipinski definition) is 4. The fourth-order valence-electron chi connectivity index (χ4n) is 3.15. The van der Waals surface area contributed by atoms with E-state index in [4.69, 9.17) is 4.74 Å². The molecule has 2 heterocycles. The van der Waals surface area contributed by atoms with Crippen LogP contribution in [-0.2, 0) is 0 Å². The summed E-state index contributed by atoms with van der Waals surface area (Å²) in [6.45, 7) is 8.87. The van der Waals surface area contributed by atoms with E-state index in [0.717, 1.165) is 29.4 Å². The van der Waals surface area contributed by atoms with Crippen molar-refractivity contribution in [2.75, 3.05) is 52.4 Å². The number of nitrogens with zero attached hydrogens (tertiary/aromatic N) is 2. The first kappa shape index (κ1) is 15.3. The van der Waals surface area contributed by atoms with Gasteiger partial charge < -0.3 is 10.1 Å². The van der Waals surface area contributed by atoms with Crippen molar-refractivity contribution in [3.8, 4) is 5.75 Å². The lowest BCUT2D eigenvalue weighted by Gasteiger charge is -2.37. The van der Waals surface area contributed by atoms with Crippen LogP contribution in [-0.4, -0.2) is 68.3 Å². The van der Waals surface area contributed by atoms with E-state index in [1.54, 1.807) is 0 Å². The highest BCUT2D eigenvalue weighted by molar-refractivity contribution is 9.10. The fourth-order valence-corrected chi connectivity index (χ4v) is 3.53. The molecule has 116 valence electrons. The molecule has 3 rings (SSSR count). The van der Waals surface area contributed by atoms with Gasteiger partial charge in [-0.3, -0.25) is 9.80 Å². The molecule has 4 nitrogen and oxygen atoms in total. The second kappa shape index (κ2) is 7.58. The quantitative estimate of drug-likeness (QED) is 0.873. The highest BCUT2D eigenvalue weighted by Gasteiger charge is 2.25. The van der Waals surface area contributed by atoms with Gasteiger partial charge in [-0.15, -0.1) is 0 Å². The van der Waals surface area contributed by atoms with Crippen molar-refractivity contribution >= 4 is 15.9 Å². The van der Waals surface area contributed by atoms with Gasteiger partial charge in [-0.25, -0.2) is 0 Å². The van der Waals surface area contributed by atoms with Gasteiger partial charge in [0.2, 0.25) is 0 Å². The number of hydrogen-bond donors (Lipinski definition) is 1. The number of piperazine rings is 1. The van der Waals surface area contributed by atoms with Crippen LogP contribution in [0.15, 0.2) is 28.7 Å². The molecule has 0 aliphatic carbocycles. The Bertz CT molecular complexity index is 443. The van der Waals surface area contributed by atoms with Gasteiger partial charge in [0, 0.05) is 49.8 Å². The average Bonchev–Trinajstić information content (AvgIpc) is 3.02. The molecule has 1 aromatic rings. The van der Waals surface area contributed by atoms with Crippen molar-refractivity contribution < 1.29 is 4.74 Å². The fraction of sp³-hybridized carbons (Fsp3) is 0.625. The third-order valence-corrected chi connectivity index (χ3v) is 4.92. The topological polar surface area (TPSA) is 27.7 Å². The first-order valence-corrected chi connectivity index (χ1v) is 8.66. The number of rotatable bonds is 5. The molecule has 1 aromatic carbocycles. The predicted molar refractivity (Wildman–Crippen MR) is 88.9 cm³/mol. The Morgan fingerprint density at radius 2 is 2.10 bits per heavy atom. The van der Waals surface area contributed by atoms with E-state index in [9.17, 15) is 0 Å². The summed E-state index contributed by atoms with van der Waals surface area (Å²) < 4.78 is 6.89. The Balaban J connectivity index is 1.35. The molecule has 1 unspecified atom stereocenters. The van der Waals surface area contributed by atoms with Gasteiger partial charge in [-0.1, -0.05) is 22.0 Å². The minimum Gasteiger partial charge on any atom is -0.492 e. The summed E-state index contributed by atoms with van der Waals surface area (Å²) in [5.74, 6) is 0.944. The van der Waals surface area contributed by atoms with Crippen LogP contribution in [0.5, 0.6) is 5.75 Å². The lowest BCUT2D eigenvalue weighted by molar-refractivity contribution is 0.0921. The zero-order chi connectivity index (χ0) is 14.5. The second-order valence-corrected chi connectivity index (χ2v) is 6.75. The Hall–Kier alpha value is -0.620. The summed E-state index contributed by atoms with van der Waals surface area (Å²) in [7, 11) is 0. The number of benzene rings is 1. The molecule has 1 atom stereocenters. The molecular formula is C16H24BrN3O. The van der Waals surface area contributed by atoms with E-state index in [0.29, 0.717) is 0 Å². The Morgan fingerprint density at radius 3 is 2.81 bits per heavy atom. The van der Waals surface area contributed by atoms with Crippen LogP contribution >= 0.6 is 15.9 Å². The van der Waals surface area contributed by atoms with E-state index < -0.39 is 0 Å². The first-order chi connectivity index (χ1) is 10.3. The van der Waals surface area contributed by atoms with Crippen molar-refractivity contribution in [1.29, 1.82) is 0 Å². The monoisotopic (exact) mass is 353 g/mol. The summed E-state index contributed by atoms with van der Waals surface area (Å²) in [5, 5.41) is 3.46. The van der Waals surface area contributed by atoms with Crippen molar-refractivity contribution in [3.05, 3.63) is 28.7 Å². The smallest absolute Gasteiger partial charge is 0.120 e. The highest BCUT2D eigenvalue weighted by atomic mass is 79.9. The molecule has 2 aliphatic rings. The van der Waals surface area contributed by atoms with E-state index in [-0.39, 0.29) is 0 Å². The maximum absolute atomic E-state index is 5.82. The third-order valence-electron chi connectivity index (χ3n) is 4.43. The van der Waals surface area contributed by atoms with Gasteiger partial charge in [-0.2, -0.15) is 0 Å². The summed E-state index contributed by atoms with van der Waals surface area (Å²) >= 11 is 3.47. The minimum absolute atomic E-state index is 0.765. The maximum atomic E-state index is 5.82. The van der Waals surface area contributed by atoms with Crippen molar-refractivity contribution in [2.24, 2.45) is 0 Å². The Labute approximate surface area is 135 Å². The van der Waals surface area contributed by atoms with Crippen LogP contribution in [0.2, 0.25) is 0 Å². The number of nitrogens with one attached hydrogen (secondary N) is 1. The molecule has 2 aliphatic heterocycles. The van der Waals surface area contributed by atoms with Crippen molar-refractivity contribution in [3.63, 3.8) is 0 Å². The molecule has 1 N–H and O–H groups in total. The molecule has 2 saturated heterocycles. The molecule has 0 amide bonds. The standard InChI is InChI=1S/C16H24BrN3O/c17-14-2-1-3-16(12-14)21-11-10-19-6-8-20(9-7-19)15-4-5-18-13-15/h1-3,12,15,18H,4-11,13H2. The molecule has 2 fully saturated rings. The third kappa shape index (κ3) is 4.42. The predicted octanol–water partition coefficient (Wildman–Crippen LogP) is 1.81. The van der Waals surface area contributed by atoms with E-state index in [1.165, 1.54) is 45.7 Å². The highest BCUT2D eigenvalue weighted by Crippen LogP contribution is 2.18. The summed E-state index contributed by atoms with van der Waals surface area (Å²) in [5.41, 5.74) is 0. The van der Waals surface area contributed by atoms with Crippen LogP contribution in [0.4, 0.5) is 0 Å². The molecule has 0 aromatic heterocycles. The first-order valence-electron chi connectivity index (χ1n) is 7.87. The molecule has 5 heteroatoms. The lowest BCUT2D eigenvalue weighted by atomic mass is 10.2. The molecular weight excluding hydrogens is 330 g/mol. The van der Waals surface area contributed by atoms with Gasteiger partial charge >= 0.3 is 0 Å². The van der Waals surface area contributed by atoms with Crippen LogP contribution < -0.4 is 10.1 Å². The van der Waals surface area contributed by atoms with Gasteiger partial charge in [-0.05, 0) is 31.2 Å². The van der Waals surface area contributed by atoms with Crippen molar-refractivity contribution in [1.82, 2.24) is 15.1 Å². The Kier molecular flexibility index (Phi) is 5.52. The van der Waals surface area contributed by atoms with Crippen LogP contribution in [0.1, 0.15) is 6.42 Å². The molecule has 0 spiro atoms. The molecule has 0 bridgehead atoms.